The van der Waals surface area contributed by atoms with Crippen molar-refractivity contribution in [3.05, 3.63) is 182 Å². The summed E-state index contributed by atoms with van der Waals surface area (Å²) in [7, 11) is 4.11. The van der Waals surface area contributed by atoms with E-state index in [1.807, 2.05) is 58.7 Å². The average Bonchev–Trinajstić information content (AvgIpc) is 1.69. The summed E-state index contributed by atoms with van der Waals surface area (Å²) >= 11 is 20.4. The highest BCUT2D eigenvalue weighted by Crippen LogP contribution is 2.49. The monoisotopic (exact) mass is 1450 g/mol. The lowest BCUT2D eigenvalue weighted by atomic mass is 9.73. The Hall–Kier alpha value is -8.89. The van der Waals surface area contributed by atoms with Gasteiger partial charge in [0.25, 0.3) is 0 Å². The summed E-state index contributed by atoms with van der Waals surface area (Å²) in [6.07, 6.45) is 19.9. The average molecular weight is 1450 g/mol. The van der Waals surface area contributed by atoms with Gasteiger partial charge in [-0.15, -0.1) is 0 Å². The van der Waals surface area contributed by atoms with Crippen LogP contribution in [0.4, 0.5) is 17.2 Å². The van der Waals surface area contributed by atoms with Crippen molar-refractivity contribution >= 4 is 102 Å². The highest BCUT2D eigenvalue weighted by molar-refractivity contribution is 6.34. The van der Waals surface area contributed by atoms with Gasteiger partial charge in [0, 0.05) is 157 Å². The molecular formula is C79H94Cl3N17O4. The van der Waals surface area contributed by atoms with E-state index < -0.39 is 0 Å². The van der Waals surface area contributed by atoms with Crippen molar-refractivity contribution in [1.82, 2.24) is 70.1 Å². The number of hydrogen-bond donors (Lipinski definition) is 3. The number of halogens is 3. The number of amides is 3. The Morgan fingerprint density at radius 3 is 1.37 bits per heavy atom. The standard InChI is InChI=1S/C29H38ClN7O2.2C25H28ClN5O/c1-6-25(38)36-9-11-37(12-10-36)28-21-14-18(2)20(26-22-17-31-34-24(22)15-19(3)27(26)30)16-23(21)32-29(33-28)39-13-7-8-35(4)5;1-4-24(32)31-9-7-30(8-10-31)23-5-6-27-21-12-17(15(2)11-18(21)23)25-16(3)20(26)13-22-19(25)14-28-29-22;1-4-23(32)31-9-7-30(8-10-31)22-5-6-27-20-13-17(15(2)11-18(20)22)24-19-14-28-29-21(19)12-16(3)25(24)26/h6,15,17-18,20H,1,7-14,16H2,2-5H3,(H,31,34);4-6,13-15,17H,1,7-12H2,2-3H3,(H,28,29);4-6,12,14-15,17H,1,7-11,13H2,2-3H3,(H,28,29)/t18-,20-;2*15-,17-/m111/s1. The number of pyridine rings is 2. The van der Waals surface area contributed by atoms with Crippen molar-refractivity contribution in [3.8, 4) is 6.01 Å². The van der Waals surface area contributed by atoms with Crippen LogP contribution in [-0.4, -0.2) is 194 Å². The van der Waals surface area contributed by atoms with Crippen molar-refractivity contribution in [2.75, 3.05) is 120 Å². The van der Waals surface area contributed by atoms with Crippen LogP contribution in [0, 0.1) is 38.5 Å². The number of nitrogens with zero attached hydrogens (tertiary/aromatic N) is 14. The van der Waals surface area contributed by atoms with Gasteiger partial charge in [0.15, 0.2) is 0 Å². The normalized spacial score (nSPS) is 20.4. The molecule has 0 saturated carbocycles. The fourth-order valence-corrected chi connectivity index (χ4v) is 17.5. The van der Waals surface area contributed by atoms with Gasteiger partial charge < -0.3 is 39.0 Å². The predicted molar refractivity (Wildman–Crippen MR) is 412 cm³/mol. The first-order chi connectivity index (χ1) is 49.7. The summed E-state index contributed by atoms with van der Waals surface area (Å²) in [6.45, 7) is 34.4. The Labute approximate surface area is 618 Å². The maximum absolute atomic E-state index is 12.2. The lowest BCUT2D eigenvalue weighted by Crippen LogP contribution is -2.49. The second kappa shape index (κ2) is 31.2. The zero-order valence-corrected chi connectivity index (χ0v) is 62.7. The molecule has 0 unspecified atom stereocenters. The van der Waals surface area contributed by atoms with E-state index in [1.54, 1.807) is 0 Å². The summed E-state index contributed by atoms with van der Waals surface area (Å²) in [6, 6.07) is 10.8. The summed E-state index contributed by atoms with van der Waals surface area (Å²) in [5, 5.41) is 27.9. The van der Waals surface area contributed by atoms with E-state index in [2.05, 4.69) is 143 Å². The van der Waals surface area contributed by atoms with Gasteiger partial charge in [0.05, 0.1) is 47.4 Å². The number of rotatable bonds is 14. The third kappa shape index (κ3) is 14.9. The van der Waals surface area contributed by atoms with Gasteiger partial charge in [0.1, 0.15) is 5.82 Å². The molecule has 3 saturated heterocycles. The largest absolute Gasteiger partial charge is 0.463 e. The number of aromatic nitrogens is 10. The third-order valence-electron chi connectivity index (χ3n) is 22.3. The zero-order chi connectivity index (χ0) is 72.5. The first-order valence-corrected chi connectivity index (χ1v) is 37.3. The number of aromatic amines is 3. The Morgan fingerprint density at radius 1 is 0.534 bits per heavy atom. The molecule has 0 radical (unpaired) electrons. The number of ether oxygens (including phenoxy) is 1. The van der Waals surface area contributed by atoms with E-state index in [4.69, 9.17) is 59.5 Å². The van der Waals surface area contributed by atoms with Crippen molar-refractivity contribution in [1.29, 1.82) is 0 Å². The van der Waals surface area contributed by atoms with E-state index >= 15 is 0 Å². The number of carbonyl (C=O) groups is 3. The smallest absolute Gasteiger partial charge is 0.318 e. The first-order valence-electron chi connectivity index (χ1n) is 36.2. The van der Waals surface area contributed by atoms with Crippen molar-refractivity contribution in [2.24, 2.45) is 17.8 Å². The molecular weight excluding hydrogens is 1360 g/mol. The van der Waals surface area contributed by atoms with Crippen LogP contribution in [0.1, 0.15) is 112 Å². The van der Waals surface area contributed by atoms with Gasteiger partial charge >= 0.3 is 6.01 Å². The van der Waals surface area contributed by atoms with Crippen LogP contribution in [-0.2, 0) is 52.9 Å². The molecule has 3 amide bonds. The number of aryl methyl sites for hydroxylation is 2. The molecule has 3 aliphatic heterocycles. The van der Waals surface area contributed by atoms with E-state index in [-0.39, 0.29) is 23.6 Å². The molecule has 9 heterocycles. The van der Waals surface area contributed by atoms with Crippen LogP contribution in [0.25, 0.3) is 32.7 Å². The number of hydrogen-bond acceptors (Lipinski definition) is 15. The second-order valence-electron chi connectivity index (χ2n) is 29.0. The molecule has 6 aliphatic rings. The molecule has 21 nitrogen and oxygen atoms in total. The van der Waals surface area contributed by atoms with Crippen LogP contribution in [0.5, 0.6) is 6.01 Å². The van der Waals surface area contributed by atoms with Crippen molar-refractivity contribution in [2.45, 2.75) is 104 Å². The number of carbonyl (C=O) groups excluding carboxylic acids is 3. The molecule has 3 aromatic carbocycles. The summed E-state index contributed by atoms with van der Waals surface area (Å²) < 4.78 is 6.10. The van der Waals surface area contributed by atoms with Gasteiger partial charge in [-0.1, -0.05) is 75.3 Å². The van der Waals surface area contributed by atoms with Crippen LogP contribution < -0.4 is 19.4 Å². The van der Waals surface area contributed by atoms with Crippen molar-refractivity contribution in [3.63, 3.8) is 0 Å². The predicted octanol–water partition coefficient (Wildman–Crippen LogP) is 12.5. The maximum atomic E-state index is 12.2. The molecule has 0 bridgehead atoms. The Balaban J connectivity index is 0.000000138. The summed E-state index contributed by atoms with van der Waals surface area (Å²) in [4.78, 5) is 70.3. The van der Waals surface area contributed by atoms with Crippen LogP contribution >= 0.6 is 34.8 Å². The fraction of sp³-hybridized carbons (Fsp3) is 0.443. The minimum absolute atomic E-state index is 0.0125. The molecule has 15 rings (SSSR count). The lowest BCUT2D eigenvalue weighted by molar-refractivity contribution is -0.127. The zero-order valence-electron chi connectivity index (χ0n) is 60.5. The highest BCUT2D eigenvalue weighted by atomic mass is 35.5. The molecule has 3 fully saturated rings. The van der Waals surface area contributed by atoms with Crippen LogP contribution in [0.2, 0.25) is 15.1 Å². The summed E-state index contributed by atoms with van der Waals surface area (Å²) in [5.74, 6) is 2.95. The Bertz CT molecular complexity index is 4490. The number of fused-ring (bicyclic) bond motifs is 6. The molecule has 6 atom stereocenters. The van der Waals surface area contributed by atoms with E-state index in [0.717, 1.165) is 191 Å². The number of benzene rings is 3. The number of piperazine rings is 3. The van der Waals surface area contributed by atoms with Gasteiger partial charge in [-0.3, -0.25) is 39.6 Å². The Morgan fingerprint density at radius 2 is 0.932 bits per heavy atom. The molecule has 24 heteroatoms. The number of H-pyrrole nitrogens is 3. The molecule has 3 aliphatic carbocycles. The number of anilines is 3. The van der Waals surface area contributed by atoms with Gasteiger partial charge in [0.2, 0.25) is 17.7 Å². The maximum Gasteiger partial charge on any atom is 0.318 e. The quantitative estimate of drug-likeness (QED) is 0.0681. The topological polar surface area (TPSA) is 221 Å². The van der Waals surface area contributed by atoms with Crippen LogP contribution in [0.3, 0.4) is 0 Å². The molecule has 3 N–H and O–H groups in total. The Kier molecular flexibility index (Phi) is 22.0. The minimum Gasteiger partial charge on any atom is -0.463 e. The third-order valence-corrected chi connectivity index (χ3v) is 23.7. The van der Waals surface area contributed by atoms with E-state index in [1.165, 1.54) is 63.1 Å². The van der Waals surface area contributed by atoms with Crippen LogP contribution in [0.15, 0.2) is 99.3 Å². The first kappa shape index (κ1) is 72.5. The van der Waals surface area contributed by atoms with Gasteiger partial charge in [-0.05, 0) is 208 Å². The molecule has 540 valence electrons. The van der Waals surface area contributed by atoms with Gasteiger partial charge in [-0.2, -0.15) is 25.3 Å². The molecule has 6 aromatic heterocycles. The molecule has 9 aromatic rings. The molecule has 0 spiro atoms. The summed E-state index contributed by atoms with van der Waals surface area (Å²) in [5.41, 5.74) is 19.7. The minimum atomic E-state index is -0.0265. The van der Waals surface area contributed by atoms with E-state index in [0.29, 0.717) is 68.4 Å². The highest BCUT2D eigenvalue weighted by Gasteiger charge is 2.39. The van der Waals surface area contributed by atoms with Crippen molar-refractivity contribution < 1.29 is 19.1 Å². The fourth-order valence-electron chi connectivity index (χ4n) is 16.7. The lowest BCUT2D eigenvalue weighted by Gasteiger charge is -2.39. The number of nitrogens with one attached hydrogen (secondary N) is 3. The van der Waals surface area contributed by atoms with Gasteiger partial charge in [-0.25, -0.2) is 0 Å². The SMILES string of the molecule is C=CC(=O)N1CCN(c2ccnc3c2C[C@@H](C)[C@H](c2c(C)c(Cl)cc4[nH]ncc24)C3)CC1.C=CC(=O)N1CCN(c2ccnc3c2C[C@@H](C)[C@H](c2c(Cl)c(C)cc4[nH]ncc24)C3)CC1.C=CC(=O)N1CCN(c2nc(OCCCN(C)C)nc3c2C[C@@H](C)[C@H](c2c(Cl)c(C)cc4[nH]ncc24)C3)CC1. The molecule has 103 heavy (non-hydrogen) atoms. The van der Waals surface area contributed by atoms with E-state index in [9.17, 15) is 14.4 Å². The second-order valence-corrected chi connectivity index (χ2v) is 30.2.